The average molecular weight is 367 g/mol. The zero-order chi connectivity index (χ0) is 17.2. The smallest absolute Gasteiger partial charge is 0.243 e. The zero-order valence-electron chi connectivity index (χ0n) is 13.6. The summed E-state index contributed by atoms with van der Waals surface area (Å²) in [4.78, 5) is 16.9. The fourth-order valence-electron chi connectivity index (χ4n) is 2.85. The fraction of sp³-hybridized carbons (Fsp3) is 0.500. The minimum atomic E-state index is -3.55. The number of amidine groups is 1. The first kappa shape index (κ1) is 17.4. The fourth-order valence-corrected chi connectivity index (χ4v) is 5.11. The Morgan fingerprint density at radius 2 is 2.08 bits per heavy atom. The summed E-state index contributed by atoms with van der Waals surface area (Å²) in [7, 11) is -3.55. The number of thioether (sulfide) groups is 1. The highest BCUT2D eigenvalue weighted by atomic mass is 32.2. The van der Waals surface area contributed by atoms with Gasteiger partial charge in [0, 0.05) is 18.8 Å². The molecule has 0 saturated carbocycles. The third kappa shape index (κ3) is 3.81. The highest BCUT2D eigenvalue weighted by Gasteiger charge is 2.33. The van der Waals surface area contributed by atoms with Crippen molar-refractivity contribution in [1.29, 1.82) is 0 Å². The van der Waals surface area contributed by atoms with Gasteiger partial charge in [-0.2, -0.15) is 4.31 Å². The lowest BCUT2D eigenvalue weighted by Crippen LogP contribution is -2.46. The Morgan fingerprint density at radius 1 is 1.33 bits per heavy atom. The van der Waals surface area contributed by atoms with Crippen LogP contribution in [-0.4, -0.2) is 49.2 Å². The van der Waals surface area contributed by atoms with Gasteiger partial charge >= 0.3 is 0 Å². The number of carbonyl (C=O) groups is 1. The number of sulfonamides is 1. The van der Waals surface area contributed by atoms with Gasteiger partial charge in [-0.3, -0.25) is 9.79 Å². The van der Waals surface area contributed by atoms with Crippen molar-refractivity contribution in [1.82, 2.24) is 9.62 Å². The van der Waals surface area contributed by atoms with Crippen LogP contribution in [0, 0.1) is 12.8 Å². The Labute approximate surface area is 146 Å². The second kappa shape index (κ2) is 7.25. The molecule has 0 radical (unpaired) electrons. The van der Waals surface area contributed by atoms with Gasteiger partial charge in [-0.05, 0) is 31.9 Å². The molecule has 1 amide bonds. The maximum absolute atomic E-state index is 12.8. The predicted octanol–water partition coefficient (Wildman–Crippen LogP) is 1.61. The van der Waals surface area contributed by atoms with Gasteiger partial charge in [0.2, 0.25) is 15.9 Å². The van der Waals surface area contributed by atoms with Gasteiger partial charge < -0.3 is 5.32 Å². The van der Waals surface area contributed by atoms with Gasteiger partial charge in [0.15, 0.2) is 5.17 Å². The summed E-state index contributed by atoms with van der Waals surface area (Å²) in [6.45, 7) is 3.32. The third-order valence-corrected chi connectivity index (χ3v) is 7.00. The van der Waals surface area contributed by atoms with E-state index in [1.54, 1.807) is 24.3 Å². The molecule has 8 heteroatoms. The van der Waals surface area contributed by atoms with Gasteiger partial charge in [-0.15, -0.1) is 0 Å². The Kier molecular flexibility index (Phi) is 5.27. The van der Waals surface area contributed by atoms with Crippen LogP contribution in [0.1, 0.15) is 18.4 Å². The number of carbonyl (C=O) groups excluding carboxylic acids is 1. The van der Waals surface area contributed by atoms with Crippen molar-refractivity contribution in [3.05, 3.63) is 29.8 Å². The number of amides is 1. The van der Waals surface area contributed by atoms with Crippen molar-refractivity contribution in [2.75, 3.05) is 25.4 Å². The summed E-state index contributed by atoms with van der Waals surface area (Å²) in [5.41, 5.74) is 1.01. The van der Waals surface area contributed by atoms with E-state index in [1.807, 2.05) is 6.92 Å². The molecule has 3 rings (SSSR count). The van der Waals surface area contributed by atoms with E-state index in [0.717, 1.165) is 17.9 Å². The van der Waals surface area contributed by atoms with Crippen LogP contribution < -0.4 is 5.32 Å². The first-order chi connectivity index (χ1) is 11.5. The van der Waals surface area contributed by atoms with E-state index in [2.05, 4.69) is 10.3 Å². The minimum Gasteiger partial charge on any atom is -0.305 e. The second-order valence-electron chi connectivity index (χ2n) is 6.04. The number of aliphatic imine (C=N–C) groups is 1. The van der Waals surface area contributed by atoms with Crippen molar-refractivity contribution in [2.24, 2.45) is 10.9 Å². The lowest BCUT2D eigenvalue weighted by atomic mass is 9.99. The average Bonchev–Trinajstić information content (AvgIpc) is 3.08. The molecule has 1 aromatic carbocycles. The first-order valence-corrected chi connectivity index (χ1v) is 10.4. The van der Waals surface area contributed by atoms with Crippen LogP contribution in [-0.2, 0) is 14.8 Å². The molecule has 6 nitrogen and oxygen atoms in total. The monoisotopic (exact) mass is 367 g/mol. The Morgan fingerprint density at radius 3 is 2.75 bits per heavy atom. The van der Waals surface area contributed by atoms with Crippen LogP contribution in [0.4, 0.5) is 0 Å². The lowest BCUT2D eigenvalue weighted by Gasteiger charge is -2.31. The van der Waals surface area contributed by atoms with Gasteiger partial charge in [-0.25, -0.2) is 8.42 Å². The Bertz CT molecular complexity index is 744. The first-order valence-electron chi connectivity index (χ1n) is 8.02. The van der Waals surface area contributed by atoms with Gasteiger partial charge in [0.1, 0.15) is 0 Å². The second-order valence-corrected chi connectivity index (χ2v) is 9.06. The molecule has 24 heavy (non-hydrogen) atoms. The SMILES string of the molecule is Cc1ccc(S(=O)(=O)N2CCC[C@@H](C(=O)NC3=NCCS3)C2)cc1. The third-order valence-electron chi connectivity index (χ3n) is 4.23. The van der Waals surface area contributed by atoms with E-state index in [-0.39, 0.29) is 23.3 Å². The highest BCUT2D eigenvalue weighted by Crippen LogP contribution is 2.24. The normalized spacial score (nSPS) is 22.2. The van der Waals surface area contributed by atoms with Crippen LogP contribution in [0.5, 0.6) is 0 Å². The van der Waals surface area contributed by atoms with Crippen LogP contribution in [0.2, 0.25) is 0 Å². The quantitative estimate of drug-likeness (QED) is 0.880. The molecule has 130 valence electrons. The highest BCUT2D eigenvalue weighted by molar-refractivity contribution is 8.14. The lowest BCUT2D eigenvalue weighted by molar-refractivity contribution is -0.124. The van der Waals surface area contributed by atoms with E-state index in [4.69, 9.17) is 0 Å². The van der Waals surface area contributed by atoms with Gasteiger partial charge in [0.25, 0.3) is 0 Å². The van der Waals surface area contributed by atoms with Crippen molar-refractivity contribution < 1.29 is 13.2 Å². The number of benzene rings is 1. The number of nitrogens with one attached hydrogen (secondary N) is 1. The molecule has 2 aliphatic heterocycles. The van der Waals surface area contributed by atoms with Gasteiger partial charge in [-0.1, -0.05) is 29.5 Å². The van der Waals surface area contributed by atoms with Crippen LogP contribution in [0.3, 0.4) is 0 Å². The summed E-state index contributed by atoms with van der Waals surface area (Å²) >= 11 is 1.53. The molecule has 1 N–H and O–H groups in total. The molecule has 0 aliphatic carbocycles. The zero-order valence-corrected chi connectivity index (χ0v) is 15.2. The van der Waals surface area contributed by atoms with E-state index in [1.165, 1.54) is 16.1 Å². The molecular formula is C16H21N3O3S2. The molecular weight excluding hydrogens is 346 g/mol. The molecule has 2 aliphatic rings. The van der Waals surface area contributed by atoms with Crippen molar-refractivity contribution in [2.45, 2.75) is 24.7 Å². The van der Waals surface area contributed by atoms with Crippen LogP contribution in [0.15, 0.2) is 34.2 Å². The molecule has 2 heterocycles. The number of hydrogen-bond acceptors (Lipinski definition) is 5. The molecule has 1 fully saturated rings. The number of piperidine rings is 1. The number of rotatable bonds is 3. The number of hydrogen-bond donors (Lipinski definition) is 1. The largest absolute Gasteiger partial charge is 0.305 e. The van der Waals surface area contributed by atoms with E-state index in [0.29, 0.717) is 24.6 Å². The topological polar surface area (TPSA) is 78.8 Å². The predicted molar refractivity (Wildman–Crippen MR) is 95.6 cm³/mol. The van der Waals surface area contributed by atoms with E-state index < -0.39 is 10.0 Å². The maximum Gasteiger partial charge on any atom is 0.243 e. The van der Waals surface area contributed by atoms with E-state index >= 15 is 0 Å². The van der Waals surface area contributed by atoms with Crippen molar-refractivity contribution in [3.8, 4) is 0 Å². The minimum absolute atomic E-state index is 0.132. The molecule has 1 saturated heterocycles. The van der Waals surface area contributed by atoms with Gasteiger partial charge in [0.05, 0.1) is 17.4 Å². The maximum atomic E-state index is 12.8. The number of nitrogens with zero attached hydrogens (tertiary/aromatic N) is 2. The van der Waals surface area contributed by atoms with Crippen molar-refractivity contribution >= 4 is 32.9 Å². The van der Waals surface area contributed by atoms with Crippen LogP contribution in [0.25, 0.3) is 0 Å². The van der Waals surface area contributed by atoms with Crippen molar-refractivity contribution in [3.63, 3.8) is 0 Å². The summed E-state index contributed by atoms with van der Waals surface area (Å²) in [6, 6.07) is 6.82. The molecule has 0 spiro atoms. The molecule has 1 aromatic rings. The molecule has 0 unspecified atom stereocenters. The molecule has 0 bridgehead atoms. The molecule has 1 atom stereocenters. The summed E-state index contributed by atoms with van der Waals surface area (Å²) < 4.78 is 27.0. The Hall–Kier alpha value is -1.38. The summed E-state index contributed by atoms with van der Waals surface area (Å²) in [6.07, 6.45) is 1.38. The number of aryl methyl sites for hydroxylation is 1. The summed E-state index contributed by atoms with van der Waals surface area (Å²) in [5.74, 6) is 0.420. The van der Waals surface area contributed by atoms with Crippen LogP contribution >= 0.6 is 11.8 Å². The summed E-state index contributed by atoms with van der Waals surface area (Å²) in [5, 5.41) is 3.47. The van der Waals surface area contributed by atoms with E-state index in [9.17, 15) is 13.2 Å². The standard InChI is InChI=1S/C16H21N3O3S2/c1-12-4-6-14(7-5-12)24(21,22)19-9-2-3-13(11-19)15(20)18-16-17-8-10-23-16/h4-7,13H,2-3,8-11H2,1H3,(H,17,18,20)/t13-/m1/s1. The Balaban J connectivity index is 1.70. The molecule has 0 aromatic heterocycles.